The molecule has 0 saturated carbocycles. The van der Waals surface area contributed by atoms with E-state index in [0.717, 1.165) is 96.3 Å². The van der Waals surface area contributed by atoms with Crippen LogP contribution in [0.5, 0.6) is 17.2 Å². The number of aryl methyl sites for hydroxylation is 3. The van der Waals surface area contributed by atoms with Crippen molar-refractivity contribution in [1.29, 1.82) is 0 Å². The summed E-state index contributed by atoms with van der Waals surface area (Å²) in [5.74, 6) is 1.63. The number of hydrogen-bond acceptors (Lipinski definition) is 11. The minimum absolute atomic E-state index is 0.000205. The van der Waals surface area contributed by atoms with Crippen LogP contribution in [-0.2, 0) is 79.2 Å². The Hall–Kier alpha value is -3.77. The van der Waals surface area contributed by atoms with Crippen LogP contribution in [0.3, 0.4) is 0 Å². The lowest BCUT2D eigenvalue weighted by Gasteiger charge is -2.35. The molecule has 2 heterocycles. The molecular formula is C58H78Br2N2O9S3. The molecule has 2 aliphatic heterocycles. The quantitative estimate of drug-likeness (QED) is 0.0999. The second kappa shape index (κ2) is 23.9. The van der Waals surface area contributed by atoms with Crippen molar-refractivity contribution in [3.63, 3.8) is 0 Å². The minimum atomic E-state index is -3.20. The van der Waals surface area contributed by atoms with Gasteiger partial charge in [-0.2, -0.15) is 0 Å². The molecule has 0 saturated heterocycles. The third-order valence-electron chi connectivity index (χ3n) is 13.4. The Bertz CT molecular complexity index is 2970. The molecule has 7 rings (SSSR count). The van der Waals surface area contributed by atoms with Crippen LogP contribution in [-0.4, -0.2) is 81.2 Å². The molecule has 5 aromatic carbocycles. The van der Waals surface area contributed by atoms with E-state index in [-0.39, 0.29) is 28.0 Å². The van der Waals surface area contributed by atoms with E-state index in [9.17, 15) is 30.4 Å². The van der Waals surface area contributed by atoms with Crippen molar-refractivity contribution in [2.24, 2.45) is 0 Å². The molecule has 0 fully saturated rings. The van der Waals surface area contributed by atoms with Crippen LogP contribution in [0.25, 0.3) is 0 Å². The van der Waals surface area contributed by atoms with Gasteiger partial charge >= 0.3 is 0 Å². The van der Waals surface area contributed by atoms with E-state index in [0.29, 0.717) is 25.8 Å². The maximum Gasteiger partial charge on any atom is 0.175 e. The topological polar surface area (TPSA) is 148 Å². The number of halogens is 2. The summed E-state index contributed by atoms with van der Waals surface area (Å²) in [5.41, 5.74) is 9.67. The van der Waals surface area contributed by atoms with Gasteiger partial charge in [-0.05, 0) is 207 Å². The summed E-state index contributed by atoms with van der Waals surface area (Å²) in [7, 11) is -9.47. The number of alkyl halides is 2. The van der Waals surface area contributed by atoms with E-state index in [4.69, 9.17) is 9.47 Å². The Morgan fingerprint density at radius 3 is 1.28 bits per heavy atom. The summed E-state index contributed by atoms with van der Waals surface area (Å²) in [6.45, 7) is 26.4. The van der Waals surface area contributed by atoms with Crippen molar-refractivity contribution < 1.29 is 39.8 Å². The third kappa shape index (κ3) is 17.4. The van der Waals surface area contributed by atoms with Gasteiger partial charge in [0.15, 0.2) is 41.0 Å². The van der Waals surface area contributed by atoms with Crippen molar-refractivity contribution in [2.45, 2.75) is 176 Å². The normalized spacial score (nSPS) is 14.6. The lowest BCUT2D eigenvalue weighted by atomic mass is 9.93. The van der Waals surface area contributed by atoms with E-state index in [1.165, 1.54) is 35.5 Å². The fourth-order valence-electron chi connectivity index (χ4n) is 8.73. The third-order valence-corrected chi connectivity index (χ3v) is 18.0. The molecule has 11 nitrogen and oxygen atoms in total. The standard InChI is InChI=1S/C25H35NO3S.C24H33NO4S.C9H10Br2O2S/c1-18-8-9-19(14-23(18)29-24(2,3)4)12-13-25(5,6)26-16-20-10-11-22(30(7,27)28)15-21(20)17-26;1-23(2,3)29-22-13-17(7-10-21(22)26)11-12-24(4,5)25-15-18-8-9-20(30(6,27)28)14-19(18)16-25;1-14(12,13)9-3-2-7(5-10)8(4-9)6-11/h8-11,14-15H,12-13,16-17H2,1-7H3;7-10,13-14,26H,11-12,15-16H2,1-6H3;2-4H,5-6H2,1H3. The highest BCUT2D eigenvalue weighted by atomic mass is 79.9. The van der Waals surface area contributed by atoms with E-state index >= 15 is 0 Å². The smallest absolute Gasteiger partial charge is 0.175 e. The van der Waals surface area contributed by atoms with Crippen molar-refractivity contribution in [3.8, 4) is 17.2 Å². The SMILES string of the molecule is CC(C)(C)Oc1cc(CCC(C)(C)N2Cc3ccc(S(C)(=O)=O)cc3C2)ccc1O.CS(=O)(=O)c1ccc(CBr)c(CBr)c1.Cc1ccc(CCC(C)(C)N2Cc3ccc(S(C)(=O)=O)cc3C2)cc1OC(C)(C)C. The first kappa shape index (κ1) is 61.1. The summed E-state index contributed by atoms with van der Waals surface area (Å²) in [4.78, 5) is 6.02. The van der Waals surface area contributed by atoms with Crippen LogP contribution in [0, 0.1) is 6.92 Å². The van der Waals surface area contributed by atoms with Gasteiger partial charge in [-0.15, -0.1) is 0 Å². The average molecular weight is 1200 g/mol. The van der Waals surface area contributed by atoms with E-state index < -0.39 is 29.5 Å². The fraction of sp³-hybridized carbons (Fsp3) is 0.483. The lowest BCUT2D eigenvalue weighted by Crippen LogP contribution is -2.40. The van der Waals surface area contributed by atoms with Crippen LogP contribution < -0.4 is 9.47 Å². The zero-order chi connectivity index (χ0) is 55.4. The second-order valence-electron chi connectivity index (χ2n) is 23.0. The van der Waals surface area contributed by atoms with Gasteiger partial charge < -0.3 is 14.6 Å². The van der Waals surface area contributed by atoms with Gasteiger partial charge in [-0.1, -0.05) is 68.3 Å². The number of phenols is 1. The Balaban J connectivity index is 0.000000219. The maximum absolute atomic E-state index is 11.9. The highest BCUT2D eigenvalue weighted by molar-refractivity contribution is 9.09. The van der Waals surface area contributed by atoms with Crippen LogP contribution >= 0.6 is 31.9 Å². The van der Waals surface area contributed by atoms with Crippen molar-refractivity contribution in [1.82, 2.24) is 9.80 Å². The predicted molar refractivity (Wildman–Crippen MR) is 307 cm³/mol. The Labute approximate surface area is 460 Å². The predicted octanol–water partition coefficient (Wildman–Crippen LogP) is 12.9. The number of rotatable bonds is 15. The van der Waals surface area contributed by atoms with Gasteiger partial charge in [0.05, 0.1) is 14.7 Å². The molecule has 0 amide bonds. The Kier molecular flexibility index (Phi) is 19.7. The molecule has 0 atom stereocenters. The largest absolute Gasteiger partial charge is 0.504 e. The molecule has 0 bridgehead atoms. The molecule has 16 heteroatoms. The van der Waals surface area contributed by atoms with E-state index in [1.807, 2.05) is 63.2 Å². The number of aromatic hydroxyl groups is 1. The first-order chi connectivity index (χ1) is 34.0. The highest BCUT2D eigenvalue weighted by Crippen LogP contribution is 2.37. The van der Waals surface area contributed by atoms with Gasteiger partial charge in [0.25, 0.3) is 0 Å². The molecule has 0 unspecified atom stereocenters. The highest BCUT2D eigenvalue weighted by Gasteiger charge is 2.34. The Morgan fingerprint density at radius 2 is 0.865 bits per heavy atom. The number of fused-ring (bicyclic) bond motifs is 2. The van der Waals surface area contributed by atoms with E-state index in [2.05, 4.69) is 115 Å². The number of phenolic OH excluding ortho intramolecular Hbond substituents is 1. The number of sulfone groups is 3. The van der Waals surface area contributed by atoms with Crippen LogP contribution in [0.4, 0.5) is 0 Å². The second-order valence-corrected chi connectivity index (χ2v) is 30.2. The summed E-state index contributed by atoms with van der Waals surface area (Å²) in [6.07, 6.45) is 7.50. The van der Waals surface area contributed by atoms with Crippen LogP contribution in [0.1, 0.15) is 132 Å². The van der Waals surface area contributed by atoms with Crippen molar-refractivity contribution in [2.75, 3.05) is 18.8 Å². The van der Waals surface area contributed by atoms with Crippen molar-refractivity contribution >= 4 is 61.4 Å². The van der Waals surface area contributed by atoms with E-state index in [1.54, 1.807) is 30.3 Å². The monoisotopic (exact) mass is 1200 g/mol. The summed E-state index contributed by atoms with van der Waals surface area (Å²) in [5, 5.41) is 11.5. The van der Waals surface area contributed by atoms with Gasteiger partial charge in [-0.25, -0.2) is 25.3 Å². The zero-order valence-electron chi connectivity index (χ0n) is 45.8. The van der Waals surface area contributed by atoms with Crippen LogP contribution in [0.2, 0.25) is 0 Å². The Morgan fingerprint density at radius 1 is 0.486 bits per heavy atom. The average Bonchev–Trinajstić information content (AvgIpc) is 3.94. The molecular weight excluding hydrogens is 1120 g/mol. The maximum atomic E-state index is 11.9. The summed E-state index contributed by atoms with van der Waals surface area (Å²) >= 11 is 6.69. The molecule has 406 valence electrons. The van der Waals surface area contributed by atoms with Gasteiger partial charge in [0.2, 0.25) is 0 Å². The molecule has 2 aliphatic rings. The van der Waals surface area contributed by atoms with Crippen LogP contribution in [0.15, 0.2) is 106 Å². The first-order valence-corrected chi connectivity index (χ1v) is 32.8. The molecule has 0 aliphatic carbocycles. The summed E-state index contributed by atoms with van der Waals surface area (Å²) in [6, 6.07) is 28.3. The van der Waals surface area contributed by atoms with Gasteiger partial charge in [-0.3, -0.25) is 9.80 Å². The molecule has 0 aromatic heterocycles. The first-order valence-electron chi connectivity index (χ1n) is 24.8. The molecule has 0 spiro atoms. The number of ether oxygens (including phenoxy) is 2. The van der Waals surface area contributed by atoms with Gasteiger partial charge in [0, 0.05) is 66.7 Å². The number of benzene rings is 5. The molecule has 1 N–H and O–H groups in total. The summed E-state index contributed by atoms with van der Waals surface area (Å²) < 4.78 is 82.1. The number of nitrogens with zero attached hydrogens (tertiary/aromatic N) is 2. The van der Waals surface area contributed by atoms with Gasteiger partial charge in [0.1, 0.15) is 17.0 Å². The molecule has 74 heavy (non-hydrogen) atoms. The lowest BCUT2D eigenvalue weighted by molar-refractivity contribution is 0.109. The minimum Gasteiger partial charge on any atom is -0.504 e. The van der Waals surface area contributed by atoms with Crippen molar-refractivity contribution in [3.05, 3.63) is 141 Å². The fourth-order valence-corrected chi connectivity index (χ4v) is 11.8. The molecule has 5 aromatic rings. The molecule has 0 radical (unpaired) electrons. The zero-order valence-corrected chi connectivity index (χ0v) is 51.4. The number of hydrogen-bond donors (Lipinski definition) is 1.